The molecule has 31 heavy (non-hydrogen) atoms. The molecule has 0 unspecified atom stereocenters. The van der Waals surface area contributed by atoms with E-state index in [1.165, 1.54) is 0 Å². The van der Waals surface area contributed by atoms with Gasteiger partial charge in [0.15, 0.2) is 0 Å². The first-order valence-corrected chi connectivity index (χ1v) is 9.95. The molecule has 2 amide bonds. The highest BCUT2D eigenvalue weighted by Gasteiger charge is 2.22. The Bertz CT molecular complexity index is 900. The van der Waals surface area contributed by atoms with Crippen LogP contribution in [-0.2, 0) is 27.4 Å². The van der Waals surface area contributed by atoms with Crippen LogP contribution in [0.4, 0.5) is 4.79 Å². The van der Waals surface area contributed by atoms with Crippen LogP contribution < -0.4 is 10.6 Å². The van der Waals surface area contributed by atoms with Gasteiger partial charge < -0.3 is 25.6 Å². The third kappa shape index (κ3) is 8.47. The third-order valence-corrected chi connectivity index (χ3v) is 4.76. The van der Waals surface area contributed by atoms with Crippen LogP contribution in [0, 0.1) is 13.8 Å². The molecule has 8 nitrogen and oxygen atoms in total. The van der Waals surface area contributed by atoms with Crippen molar-refractivity contribution in [3.05, 3.63) is 70.8 Å². The van der Waals surface area contributed by atoms with E-state index in [1.807, 2.05) is 62.4 Å². The second-order valence-electron chi connectivity index (χ2n) is 7.38. The molecule has 8 heteroatoms. The number of aliphatic hydroxyl groups excluding tert-OH is 1. The van der Waals surface area contributed by atoms with E-state index >= 15 is 0 Å². The standard InChI is InChI=1S/C23H28N2O6/c1-15-8-9-18(10-16(15)2)11-20(22(28)29)25-21(27)12-19(26)13-24-23(30)31-14-17-6-4-3-5-7-17/h3-10,19-20,26H,11-14H2,1-2H3,(H,24,30)(H,25,27)(H,28,29)/t19-,20+/m0/s1. The van der Waals surface area contributed by atoms with Crippen molar-refractivity contribution < 1.29 is 29.3 Å². The zero-order valence-electron chi connectivity index (χ0n) is 17.6. The number of alkyl carbamates (subject to hydrolysis) is 1. The number of carboxylic acids is 1. The first-order valence-electron chi connectivity index (χ1n) is 9.95. The Morgan fingerprint density at radius 2 is 1.71 bits per heavy atom. The molecule has 0 aromatic heterocycles. The molecule has 4 N–H and O–H groups in total. The number of hydrogen-bond acceptors (Lipinski definition) is 5. The summed E-state index contributed by atoms with van der Waals surface area (Å²) in [6.07, 6.45) is -2.13. The maximum Gasteiger partial charge on any atom is 0.407 e. The number of aliphatic hydroxyl groups is 1. The first kappa shape index (κ1) is 23.9. The number of aryl methyl sites for hydroxylation is 2. The molecule has 0 aliphatic rings. The number of aliphatic carboxylic acids is 1. The zero-order chi connectivity index (χ0) is 22.8. The molecule has 0 heterocycles. The summed E-state index contributed by atoms with van der Waals surface area (Å²) in [5.74, 6) is -1.79. The molecule has 0 aliphatic heterocycles. The molecular weight excluding hydrogens is 400 g/mol. The lowest BCUT2D eigenvalue weighted by Crippen LogP contribution is -2.44. The predicted octanol–water partition coefficient (Wildman–Crippen LogP) is 2.09. The van der Waals surface area contributed by atoms with E-state index in [-0.39, 0.29) is 26.0 Å². The lowest BCUT2D eigenvalue weighted by atomic mass is 10.0. The van der Waals surface area contributed by atoms with Crippen LogP contribution in [0.25, 0.3) is 0 Å². The highest BCUT2D eigenvalue weighted by molar-refractivity contribution is 5.84. The van der Waals surface area contributed by atoms with Crippen LogP contribution in [-0.4, -0.2) is 46.9 Å². The third-order valence-electron chi connectivity index (χ3n) is 4.76. The fourth-order valence-corrected chi connectivity index (χ4v) is 2.88. The molecule has 2 atom stereocenters. The van der Waals surface area contributed by atoms with Gasteiger partial charge >= 0.3 is 12.1 Å². The Hall–Kier alpha value is -3.39. The van der Waals surface area contributed by atoms with E-state index < -0.39 is 30.1 Å². The topological polar surface area (TPSA) is 125 Å². The van der Waals surface area contributed by atoms with Crippen LogP contribution in [0.2, 0.25) is 0 Å². The Balaban J connectivity index is 1.76. The summed E-state index contributed by atoms with van der Waals surface area (Å²) in [4.78, 5) is 35.4. The first-order chi connectivity index (χ1) is 14.7. The fraction of sp³-hybridized carbons (Fsp3) is 0.348. The van der Waals surface area contributed by atoms with Gasteiger partial charge in [0, 0.05) is 13.0 Å². The molecule has 0 fully saturated rings. The maximum absolute atomic E-state index is 12.2. The van der Waals surface area contributed by atoms with Crippen molar-refractivity contribution in [2.24, 2.45) is 0 Å². The highest BCUT2D eigenvalue weighted by atomic mass is 16.5. The zero-order valence-corrected chi connectivity index (χ0v) is 17.6. The fourth-order valence-electron chi connectivity index (χ4n) is 2.88. The molecule has 2 aromatic carbocycles. The lowest BCUT2D eigenvalue weighted by molar-refractivity contribution is -0.142. The molecule has 166 valence electrons. The summed E-state index contributed by atoms with van der Waals surface area (Å²) < 4.78 is 5.02. The minimum Gasteiger partial charge on any atom is -0.480 e. The average Bonchev–Trinajstić information content (AvgIpc) is 2.73. The van der Waals surface area contributed by atoms with Gasteiger partial charge in [0.1, 0.15) is 12.6 Å². The number of carbonyl (C=O) groups is 3. The van der Waals surface area contributed by atoms with Gasteiger partial charge in [-0.05, 0) is 36.1 Å². The van der Waals surface area contributed by atoms with Crippen molar-refractivity contribution in [2.75, 3.05) is 6.54 Å². The van der Waals surface area contributed by atoms with Gasteiger partial charge in [-0.2, -0.15) is 0 Å². The van der Waals surface area contributed by atoms with Crippen molar-refractivity contribution in [3.8, 4) is 0 Å². The van der Waals surface area contributed by atoms with Crippen molar-refractivity contribution in [2.45, 2.75) is 45.4 Å². The highest BCUT2D eigenvalue weighted by Crippen LogP contribution is 2.12. The Morgan fingerprint density at radius 1 is 1.00 bits per heavy atom. The van der Waals surface area contributed by atoms with E-state index in [1.54, 1.807) is 0 Å². The molecule has 0 bridgehead atoms. The Kier molecular flexibility index (Phi) is 9.02. The minimum absolute atomic E-state index is 0.0853. The summed E-state index contributed by atoms with van der Waals surface area (Å²) in [5, 5.41) is 24.2. The van der Waals surface area contributed by atoms with Crippen LogP contribution >= 0.6 is 0 Å². The molecule has 0 aliphatic carbocycles. The molecule has 0 radical (unpaired) electrons. The van der Waals surface area contributed by atoms with Crippen molar-refractivity contribution in [3.63, 3.8) is 0 Å². The van der Waals surface area contributed by atoms with Crippen molar-refractivity contribution in [1.29, 1.82) is 0 Å². The number of hydrogen-bond donors (Lipinski definition) is 4. The number of carbonyl (C=O) groups excluding carboxylic acids is 2. The van der Waals surface area contributed by atoms with Gasteiger partial charge in [-0.1, -0.05) is 48.5 Å². The molecular formula is C23H28N2O6. The van der Waals surface area contributed by atoms with Crippen LogP contribution in [0.15, 0.2) is 48.5 Å². The van der Waals surface area contributed by atoms with Gasteiger partial charge in [0.25, 0.3) is 0 Å². The second kappa shape index (κ2) is 11.7. The smallest absolute Gasteiger partial charge is 0.407 e. The minimum atomic E-state index is -1.18. The average molecular weight is 428 g/mol. The second-order valence-corrected chi connectivity index (χ2v) is 7.38. The van der Waals surface area contributed by atoms with Crippen molar-refractivity contribution in [1.82, 2.24) is 10.6 Å². The largest absolute Gasteiger partial charge is 0.480 e. The van der Waals surface area contributed by atoms with E-state index in [2.05, 4.69) is 10.6 Å². The maximum atomic E-state index is 12.2. The van der Waals surface area contributed by atoms with Crippen LogP contribution in [0.1, 0.15) is 28.7 Å². The Labute approximate surface area is 181 Å². The van der Waals surface area contributed by atoms with Gasteiger partial charge in [-0.25, -0.2) is 9.59 Å². The summed E-state index contributed by atoms with van der Waals surface area (Å²) in [6, 6.07) is 13.6. The lowest BCUT2D eigenvalue weighted by Gasteiger charge is -2.17. The van der Waals surface area contributed by atoms with E-state index in [0.29, 0.717) is 0 Å². The van der Waals surface area contributed by atoms with E-state index in [4.69, 9.17) is 4.74 Å². The molecule has 0 saturated carbocycles. The van der Waals surface area contributed by atoms with E-state index in [9.17, 15) is 24.6 Å². The number of nitrogens with one attached hydrogen (secondary N) is 2. The van der Waals surface area contributed by atoms with Crippen LogP contribution in [0.5, 0.6) is 0 Å². The normalized spacial score (nSPS) is 12.5. The van der Waals surface area contributed by atoms with Gasteiger partial charge in [0.05, 0.1) is 12.5 Å². The summed E-state index contributed by atoms with van der Waals surface area (Å²) in [7, 11) is 0. The number of rotatable bonds is 10. The predicted molar refractivity (Wildman–Crippen MR) is 114 cm³/mol. The monoisotopic (exact) mass is 428 g/mol. The van der Waals surface area contributed by atoms with E-state index in [0.717, 1.165) is 22.3 Å². The van der Waals surface area contributed by atoms with Crippen molar-refractivity contribution >= 4 is 18.0 Å². The van der Waals surface area contributed by atoms with Crippen LogP contribution in [0.3, 0.4) is 0 Å². The molecule has 2 rings (SSSR count). The van der Waals surface area contributed by atoms with Gasteiger partial charge in [-0.3, -0.25) is 4.79 Å². The van der Waals surface area contributed by atoms with Gasteiger partial charge in [-0.15, -0.1) is 0 Å². The SMILES string of the molecule is Cc1ccc(C[C@@H](NC(=O)C[C@H](O)CNC(=O)OCc2ccccc2)C(=O)O)cc1C. The number of amides is 2. The number of ether oxygens (including phenoxy) is 1. The molecule has 2 aromatic rings. The number of benzene rings is 2. The summed E-state index contributed by atoms with van der Waals surface area (Å²) in [5.41, 5.74) is 3.74. The quantitative estimate of drug-likeness (QED) is 0.459. The van der Waals surface area contributed by atoms with Gasteiger partial charge in [0.2, 0.25) is 5.91 Å². The summed E-state index contributed by atoms with van der Waals surface area (Å²) >= 11 is 0. The number of carboxylic acid groups (broad SMARTS) is 1. The molecule has 0 spiro atoms. The molecule has 0 saturated heterocycles. The Morgan fingerprint density at radius 3 is 2.35 bits per heavy atom. The summed E-state index contributed by atoms with van der Waals surface area (Å²) in [6.45, 7) is 3.78.